The Morgan fingerprint density at radius 3 is 2.86 bits per heavy atom. The Hall–Kier alpha value is -2.95. The molecule has 0 bridgehead atoms. The van der Waals surface area contributed by atoms with E-state index in [9.17, 15) is 9.59 Å². The Labute approximate surface area is 120 Å². The topological polar surface area (TPSA) is 74.8 Å². The zero-order valence-corrected chi connectivity index (χ0v) is 11.4. The van der Waals surface area contributed by atoms with Gasteiger partial charge in [-0.3, -0.25) is 14.6 Å². The summed E-state index contributed by atoms with van der Waals surface area (Å²) < 4.78 is 0. The zero-order valence-electron chi connectivity index (χ0n) is 11.4. The van der Waals surface area contributed by atoms with E-state index in [4.69, 9.17) is 0 Å². The van der Waals surface area contributed by atoms with E-state index in [1.165, 1.54) is 6.20 Å². The Morgan fingerprint density at radius 1 is 1.24 bits per heavy atom. The van der Waals surface area contributed by atoms with Crippen molar-refractivity contribution in [1.82, 2.24) is 9.97 Å². The molecule has 2 heterocycles. The first kappa shape index (κ1) is 13.1. The number of pyridine rings is 2. The van der Waals surface area contributed by atoms with Crippen molar-refractivity contribution in [2.24, 2.45) is 0 Å². The van der Waals surface area contributed by atoms with Crippen molar-refractivity contribution in [2.75, 3.05) is 5.32 Å². The molecule has 0 saturated carbocycles. The molecule has 5 nitrogen and oxygen atoms in total. The van der Waals surface area contributed by atoms with Gasteiger partial charge in [0.2, 0.25) is 5.56 Å². The number of nitrogens with one attached hydrogen (secondary N) is 2. The summed E-state index contributed by atoms with van der Waals surface area (Å²) >= 11 is 0. The Kier molecular flexibility index (Phi) is 3.23. The Morgan fingerprint density at radius 2 is 2.10 bits per heavy atom. The fourth-order valence-electron chi connectivity index (χ4n) is 2.21. The number of aromatic nitrogens is 2. The second-order valence-corrected chi connectivity index (χ2v) is 4.77. The summed E-state index contributed by atoms with van der Waals surface area (Å²) in [5.74, 6) is -0.238. The number of nitrogens with zero attached hydrogens (tertiary/aromatic N) is 1. The quantitative estimate of drug-likeness (QED) is 0.756. The molecule has 0 aliphatic rings. The van der Waals surface area contributed by atoms with Gasteiger partial charge in [0, 0.05) is 29.5 Å². The van der Waals surface area contributed by atoms with Gasteiger partial charge in [-0.2, -0.15) is 0 Å². The van der Waals surface area contributed by atoms with E-state index >= 15 is 0 Å². The van der Waals surface area contributed by atoms with E-state index in [-0.39, 0.29) is 11.5 Å². The number of carbonyl (C=O) groups excluding carboxylic acids is 1. The molecule has 3 aromatic rings. The van der Waals surface area contributed by atoms with Gasteiger partial charge in [-0.05, 0) is 36.8 Å². The third-order valence-electron chi connectivity index (χ3n) is 3.23. The number of carbonyl (C=O) groups is 1. The van der Waals surface area contributed by atoms with Crippen molar-refractivity contribution < 1.29 is 4.79 Å². The normalized spacial score (nSPS) is 10.5. The number of fused-ring (bicyclic) bond motifs is 1. The number of aromatic amines is 1. The molecular weight excluding hydrogens is 266 g/mol. The van der Waals surface area contributed by atoms with Crippen molar-refractivity contribution in [3.8, 4) is 0 Å². The predicted molar refractivity (Wildman–Crippen MR) is 81.5 cm³/mol. The standard InChI is InChI=1S/C16H13N3O2/c1-10-7-15(20)19-14-8-12(4-5-13(10)14)18-16(21)11-3-2-6-17-9-11/h2-9H,1H3,(H,18,21)(H,19,20). The molecule has 0 aliphatic carbocycles. The number of benzene rings is 1. The molecule has 0 radical (unpaired) electrons. The SMILES string of the molecule is Cc1cc(=O)[nH]c2cc(NC(=O)c3cccnc3)ccc12. The first-order chi connectivity index (χ1) is 10.1. The third kappa shape index (κ3) is 2.67. The van der Waals surface area contributed by atoms with Crippen molar-refractivity contribution >= 4 is 22.5 Å². The lowest BCUT2D eigenvalue weighted by atomic mass is 10.1. The highest BCUT2D eigenvalue weighted by Gasteiger charge is 2.07. The smallest absolute Gasteiger partial charge is 0.257 e. The largest absolute Gasteiger partial charge is 0.322 e. The van der Waals surface area contributed by atoms with Crippen molar-refractivity contribution in [2.45, 2.75) is 6.92 Å². The molecule has 0 unspecified atom stereocenters. The maximum absolute atomic E-state index is 12.1. The van der Waals surface area contributed by atoms with Gasteiger partial charge in [0.25, 0.3) is 5.91 Å². The minimum absolute atomic E-state index is 0.157. The number of amides is 1. The summed E-state index contributed by atoms with van der Waals surface area (Å²) in [5, 5.41) is 3.74. The number of anilines is 1. The number of rotatable bonds is 2. The van der Waals surface area contributed by atoms with Crippen LogP contribution in [0.3, 0.4) is 0 Å². The molecular formula is C16H13N3O2. The van der Waals surface area contributed by atoms with Crippen LogP contribution in [0.2, 0.25) is 0 Å². The lowest BCUT2D eigenvalue weighted by molar-refractivity contribution is 0.102. The van der Waals surface area contributed by atoms with E-state index < -0.39 is 0 Å². The van der Waals surface area contributed by atoms with Gasteiger partial charge in [-0.1, -0.05) is 6.07 Å². The monoisotopic (exact) mass is 279 g/mol. The van der Waals surface area contributed by atoms with Gasteiger partial charge in [0.05, 0.1) is 11.1 Å². The number of hydrogen-bond donors (Lipinski definition) is 2. The van der Waals surface area contributed by atoms with E-state index in [1.54, 1.807) is 30.5 Å². The molecule has 2 N–H and O–H groups in total. The van der Waals surface area contributed by atoms with E-state index in [2.05, 4.69) is 15.3 Å². The molecule has 0 aliphatic heterocycles. The highest BCUT2D eigenvalue weighted by molar-refractivity contribution is 6.04. The second-order valence-electron chi connectivity index (χ2n) is 4.77. The van der Waals surface area contributed by atoms with E-state index in [0.29, 0.717) is 16.8 Å². The van der Waals surface area contributed by atoms with Crippen LogP contribution in [0.25, 0.3) is 10.9 Å². The van der Waals surface area contributed by atoms with Crippen LogP contribution >= 0.6 is 0 Å². The summed E-state index contributed by atoms with van der Waals surface area (Å²) in [6.07, 6.45) is 3.11. The maximum atomic E-state index is 12.1. The maximum Gasteiger partial charge on any atom is 0.257 e. The molecule has 1 amide bonds. The average molecular weight is 279 g/mol. The molecule has 0 fully saturated rings. The number of H-pyrrole nitrogens is 1. The molecule has 104 valence electrons. The summed E-state index contributed by atoms with van der Waals surface area (Å²) in [5.41, 5.74) is 2.55. The van der Waals surface area contributed by atoms with Crippen LogP contribution in [0.5, 0.6) is 0 Å². The molecule has 0 saturated heterocycles. The number of hydrogen-bond acceptors (Lipinski definition) is 3. The lowest BCUT2D eigenvalue weighted by Gasteiger charge is -2.07. The first-order valence-electron chi connectivity index (χ1n) is 6.48. The van der Waals surface area contributed by atoms with Gasteiger partial charge >= 0.3 is 0 Å². The highest BCUT2D eigenvalue weighted by atomic mass is 16.1. The molecule has 0 atom stereocenters. The van der Waals surface area contributed by atoms with Crippen molar-refractivity contribution in [3.63, 3.8) is 0 Å². The molecule has 2 aromatic heterocycles. The minimum atomic E-state index is -0.238. The molecule has 0 spiro atoms. The van der Waals surface area contributed by atoms with Crippen molar-refractivity contribution in [3.05, 3.63) is 70.3 Å². The van der Waals surface area contributed by atoms with Crippen LogP contribution in [0.4, 0.5) is 5.69 Å². The van der Waals surface area contributed by atoms with E-state index in [0.717, 1.165) is 10.9 Å². The first-order valence-corrected chi connectivity index (χ1v) is 6.48. The highest BCUT2D eigenvalue weighted by Crippen LogP contribution is 2.19. The molecule has 3 rings (SSSR count). The second kappa shape index (κ2) is 5.20. The third-order valence-corrected chi connectivity index (χ3v) is 3.23. The summed E-state index contributed by atoms with van der Waals surface area (Å²) in [6, 6.07) is 10.4. The molecule has 5 heteroatoms. The summed E-state index contributed by atoms with van der Waals surface area (Å²) in [4.78, 5) is 30.2. The Bertz CT molecular complexity index is 870. The minimum Gasteiger partial charge on any atom is -0.322 e. The van der Waals surface area contributed by atoms with Crippen LogP contribution in [0.15, 0.2) is 53.6 Å². The van der Waals surface area contributed by atoms with Gasteiger partial charge in [-0.15, -0.1) is 0 Å². The Balaban J connectivity index is 1.95. The molecule has 1 aromatic carbocycles. The van der Waals surface area contributed by atoms with Gasteiger partial charge in [-0.25, -0.2) is 0 Å². The fraction of sp³-hybridized carbons (Fsp3) is 0.0625. The zero-order chi connectivity index (χ0) is 14.8. The van der Waals surface area contributed by atoms with Crippen LogP contribution in [0, 0.1) is 6.92 Å². The summed E-state index contributed by atoms with van der Waals surface area (Å²) in [7, 11) is 0. The van der Waals surface area contributed by atoms with Gasteiger partial charge in [0.1, 0.15) is 0 Å². The van der Waals surface area contributed by atoms with E-state index in [1.807, 2.05) is 19.1 Å². The van der Waals surface area contributed by atoms with Gasteiger partial charge in [0.15, 0.2) is 0 Å². The predicted octanol–water partition coefficient (Wildman–Crippen LogP) is 2.48. The number of aryl methyl sites for hydroxylation is 1. The van der Waals surface area contributed by atoms with Gasteiger partial charge < -0.3 is 10.3 Å². The van der Waals surface area contributed by atoms with Crippen LogP contribution in [-0.4, -0.2) is 15.9 Å². The van der Waals surface area contributed by atoms with Crippen LogP contribution < -0.4 is 10.9 Å². The van der Waals surface area contributed by atoms with Crippen LogP contribution in [0.1, 0.15) is 15.9 Å². The summed E-state index contributed by atoms with van der Waals surface area (Å²) in [6.45, 7) is 1.88. The molecule has 21 heavy (non-hydrogen) atoms. The lowest BCUT2D eigenvalue weighted by Crippen LogP contribution is -2.12. The van der Waals surface area contributed by atoms with Crippen molar-refractivity contribution in [1.29, 1.82) is 0 Å². The van der Waals surface area contributed by atoms with Crippen LogP contribution in [-0.2, 0) is 0 Å². The average Bonchev–Trinajstić information content (AvgIpc) is 2.47. The fourth-order valence-corrected chi connectivity index (χ4v) is 2.21.